The lowest BCUT2D eigenvalue weighted by Crippen LogP contribution is -2.37. The molecule has 1 amide bonds. The van der Waals surface area contributed by atoms with Crippen molar-refractivity contribution in [2.24, 2.45) is 0 Å². The molecule has 0 unspecified atom stereocenters. The Morgan fingerprint density at radius 3 is 2.61 bits per heavy atom. The number of methoxy groups -OCH3 is 1. The van der Waals surface area contributed by atoms with E-state index in [2.05, 4.69) is 20.9 Å². The summed E-state index contributed by atoms with van der Waals surface area (Å²) in [7, 11) is -2.55. The molecule has 4 heterocycles. The second-order valence-corrected chi connectivity index (χ2v) is 11.3. The van der Waals surface area contributed by atoms with Crippen molar-refractivity contribution >= 4 is 65.0 Å². The number of aryl methyl sites for hydroxylation is 1. The number of nitrogens with zero attached hydrogens (tertiary/aromatic N) is 5. The summed E-state index contributed by atoms with van der Waals surface area (Å²) in [6.07, 6.45) is 2.51. The van der Waals surface area contributed by atoms with Crippen LogP contribution in [-0.4, -0.2) is 68.9 Å². The Bertz CT molecular complexity index is 1340. The second-order valence-electron chi connectivity index (χ2n) is 7.42. The van der Waals surface area contributed by atoms with Crippen molar-refractivity contribution in [2.45, 2.75) is 13.8 Å². The number of aromatic nitrogens is 3. The van der Waals surface area contributed by atoms with Gasteiger partial charge < -0.3 is 14.4 Å². The Balaban J connectivity index is 1.96. The van der Waals surface area contributed by atoms with Gasteiger partial charge in [-0.1, -0.05) is 0 Å². The number of rotatable bonds is 5. The van der Waals surface area contributed by atoms with Gasteiger partial charge in [-0.15, -0.1) is 11.3 Å². The third kappa shape index (κ3) is 4.54. The van der Waals surface area contributed by atoms with Crippen LogP contribution >= 0.6 is 27.3 Å². The third-order valence-electron chi connectivity index (χ3n) is 5.06. The molecule has 0 atom stereocenters. The molecule has 33 heavy (non-hydrogen) atoms. The predicted octanol–water partition coefficient (Wildman–Crippen LogP) is 2.98. The molecular formula is C20H22BrN5O5S2. The number of sulfonamides is 1. The maximum Gasteiger partial charge on any atom is 0.238 e. The van der Waals surface area contributed by atoms with Gasteiger partial charge in [-0.3, -0.25) is 4.79 Å². The highest BCUT2D eigenvalue weighted by Gasteiger charge is 2.28. The Hall–Kier alpha value is -2.35. The van der Waals surface area contributed by atoms with Gasteiger partial charge in [0, 0.05) is 36.7 Å². The molecule has 0 radical (unpaired) electrons. The van der Waals surface area contributed by atoms with Crippen LogP contribution in [0, 0.1) is 6.92 Å². The summed E-state index contributed by atoms with van der Waals surface area (Å²) in [4.78, 5) is 29.2. The van der Waals surface area contributed by atoms with Crippen LogP contribution in [0.25, 0.3) is 21.5 Å². The zero-order chi connectivity index (χ0) is 23.9. The molecule has 1 aliphatic heterocycles. The summed E-state index contributed by atoms with van der Waals surface area (Å²) in [5.74, 6) is -0.115. The molecule has 1 fully saturated rings. The van der Waals surface area contributed by atoms with E-state index < -0.39 is 15.9 Å². The largest absolute Gasteiger partial charge is 0.479 e. The molecule has 0 bridgehead atoms. The van der Waals surface area contributed by atoms with Crippen LogP contribution in [0.3, 0.4) is 0 Å². The SMILES string of the molecule is COc1ncc(-c2nc(N3CCOCC3)nc3c(Br)c(C)sc23)cc1N(C(C)=O)S(C)(=O)=O. The number of morpholine rings is 1. The zero-order valence-corrected chi connectivity index (χ0v) is 21.7. The van der Waals surface area contributed by atoms with Gasteiger partial charge in [-0.2, -0.15) is 0 Å². The molecule has 13 heteroatoms. The average molecular weight is 556 g/mol. The molecule has 0 spiro atoms. The third-order valence-corrected chi connectivity index (χ3v) is 8.51. The van der Waals surface area contributed by atoms with E-state index in [9.17, 15) is 13.2 Å². The fourth-order valence-electron chi connectivity index (χ4n) is 3.60. The number of hydrogen-bond donors (Lipinski definition) is 0. The number of anilines is 2. The van der Waals surface area contributed by atoms with E-state index in [-0.39, 0.29) is 11.6 Å². The number of pyridine rings is 1. The Morgan fingerprint density at radius 2 is 2.00 bits per heavy atom. The van der Waals surface area contributed by atoms with E-state index in [1.807, 2.05) is 11.8 Å². The molecule has 0 saturated carbocycles. The summed E-state index contributed by atoms with van der Waals surface area (Å²) < 4.78 is 37.9. The fraction of sp³-hybridized carbons (Fsp3) is 0.400. The molecule has 1 aliphatic rings. The summed E-state index contributed by atoms with van der Waals surface area (Å²) in [6.45, 7) is 5.63. The molecule has 4 rings (SSSR count). The molecule has 0 aromatic carbocycles. The summed E-state index contributed by atoms with van der Waals surface area (Å²) in [6, 6.07) is 1.56. The van der Waals surface area contributed by atoms with Gasteiger partial charge in [0.15, 0.2) is 0 Å². The lowest BCUT2D eigenvalue weighted by Gasteiger charge is -2.27. The number of thiophene rings is 1. The molecular weight excluding hydrogens is 534 g/mol. The maximum atomic E-state index is 12.4. The topological polar surface area (TPSA) is 115 Å². The highest BCUT2D eigenvalue weighted by molar-refractivity contribution is 9.10. The Kier molecular flexibility index (Phi) is 6.58. The van der Waals surface area contributed by atoms with Gasteiger partial charge in [-0.25, -0.2) is 27.7 Å². The van der Waals surface area contributed by atoms with Crippen LogP contribution in [0.15, 0.2) is 16.7 Å². The minimum Gasteiger partial charge on any atom is -0.479 e. The van der Waals surface area contributed by atoms with E-state index in [1.54, 1.807) is 12.3 Å². The molecule has 10 nitrogen and oxygen atoms in total. The van der Waals surface area contributed by atoms with E-state index in [4.69, 9.17) is 19.4 Å². The number of fused-ring (bicyclic) bond motifs is 1. The lowest BCUT2D eigenvalue weighted by atomic mass is 10.1. The summed E-state index contributed by atoms with van der Waals surface area (Å²) in [5, 5.41) is 0. The first-order valence-electron chi connectivity index (χ1n) is 9.96. The van der Waals surface area contributed by atoms with Crippen LogP contribution in [-0.2, 0) is 19.6 Å². The lowest BCUT2D eigenvalue weighted by molar-refractivity contribution is -0.115. The fourth-order valence-corrected chi connectivity index (χ4v) is 6.22. The van der Waals surface area contributed by atoms with Gasteiger partial charge in [0.05, 0.1) is 41.4 Å². The highest BCUT2D eigenvalue weighted by atomic mass is 79.9. The number of amides is 1. The van der Waals surface area contributed by atoms with Crippen molar-refractivity contribution in [1.82, 2.24) is 15.0 Å². The van der Waals surface area contributed by atoms with E-state index in [1.165, 1.54) is 25.4 Å². The second kappa shape index (κ2) is 9.12. The number of halogens is 1. The van der Waals surface area contributed by atoms with Crippen molar-refractivity contribution < 1.29 is 22.7 Å². The first kappa shape index (κ1) is 23.8. The van der Waals surface area contributed by atoms with Gasteiger partial charge >= 0.3 is 0 Å². The highest BCUT2D eigenvalue weighted by Crippen LogP contribution is 2.41. The first-order valence-corrected chi connectivity index (χ1v) is 13.4. The number of carbonyl (C=O) groups excluding carboxylic acids is 1. The zero-order valence-electron chi connectivity index (χ0n) is 18.5. The van der Waals surface area contributed by atoms with Crippen molar-refractivity contribution in [3.05, 3.63) is 21.6 Å². The number of ether oxygens (including phenoxy) is 2. The number of carbonyl (C=O) groups is 1. The van der Waals surface area contributed by atoms with Gasteiger partial charge in [-0.05, 0) is 28.9 Å². The molecule has 3 aromatic rings. The monoisotopic (exact) mass is 555 g/mol. The molecule has 0 aliphatic carbocycles. The molecule has 1 saturated heterocycles. The van der Waals surface area contributed by atoms with Crippen molar-refractivity contribution in [3.63, 3.8) is 0 Å². The van der Waals surface area contributed by atoms with Crippen LogP contribution in [0.1, 0.15) is 11.8 Å². The van der Waals surface area contributed by atoms with Gasteiger partial charge in [0.25, 0.3) is 0 Å². The Morgan fingerprint density at radius 1 is 1.30 bits per heavy atom. The van der Waals surface area contributed by atoms with Crippen molar-refractivity contribution in [1.29, 1.82) is 0 Å². The summed E-state index contributed by atoms with van der Waals surface area (Å²) in [5.41, 5.74) is 1.91. The first-order chi connectivity index (χ1) is 15.6. The van der Waals surface area contributed by atoms with Crippen LogP contribution in [0.2, 0.25) is 0 Å². The van der Waals surface area contributed by atoms with Crippen LogP contribution in [0.5, 0.6) is 5.88 Å². The Labute approximate surface area is 203 Å². The van der Waals surface area contributed by atoms with Crippen LogP contribution < -0.4 is 13.9 Å². The molecule has 176 valence electrons. The predicted molar refractivity (Wildman–Crippen MR) is 131 cm³/mol. The number of hydrogen-bond acceptors (Lipinski definition) is 10. The van der Waals surface area contributed by atoms with Gasteiger partial charge in [0.2, 0.25) is 27.8 Å². The van der Waals surface area contributed by atoms with Crippen molar-refractivity contribution in [3.8, 4) is 17.1 Å². The van der Waals surface area contributed by atoms with Gasteiger partial charge in [0.1, 0.15) is 11.2 Å². The van der Waals surface area contributed by atoms with E-state index in [0.29, 0.717) is 47.8 Å². The minimum atomic E-state index is -3.92. The average Bonchev–Trinajstić information content (AvgIpc) is 3.06. The minimum absolute atomic E-state index is 0.0154. The standard InChI is InChI=1S/C20H22BrN5O5S2/c1-11-15(21)17-18(32-11)16(23-20(24-17)25-5-7-31-8-6-25)13-9-14(19(30-3)22-10-13)26(12(2)27)33(4,28)29/h9-10H,5-8H2,1-4H3. The molecule has 3 aromatic heterocycles. The molecule has 0 N–H and O–H groups in total. The quantitative estimate of drug-likeness (QED) is 0.468. The summed E-state index contributed by atoms with van der Waals surface area (Å²) >= 11 is 5.15. The maximum absolute atomic E-state index is 12.4. The van der Waals surface area contributed by atoms with E-state index in [0.717, 1.165) is 25.8 Å². The van der Waals surface area contributed by atoms with E-state index >= 15 is 0 Å². The van der Waals surface area contributed by atoms with Crippen molar-refractivity contribution in [2.75, 3.05) is 48.9 Å². The smallest absolute Gasteiger partial charge is 0.238 e. The normalized spacial score (nSPS) is 14.5. The van der Waals surface area contributed by atoms with Crippen LogP contribution in [0.4, 0.5) is 11.6 Å².